The highest BCUT2D eigenvalue weighted by molar-refractivity contribution is 6.44. The van der Waals surface area contributed by atoms with Gasteiger partial charge in [0, 0.05) is 12.1 Å². The Morgan fingerprint density at radius 3 is 2.50 bits per heavy atom. The zero-order valence-electron chi connectivity index (χ0n) is 10.1. The summed E-state index contributed by atoms with van der Waals surface area (Å²) in [6, 6.07) is 9.51. The first-order valence-electron chi connectivity index (χ1n) is 5.59. The Bertz CT molecular complexity index is 696. The van der Waals surface area contributed by atoms with Gasteiger partial charge in [0.2, 0.25) is 0 Å². The second-order valence-electron chi connectivity index (χ2n) is 3.99. The number of halogens is 4. The van der Waals surface area contributed by atoms with Crippen LogP contribution < -0.4 is 5.32 Å². The van der Waals surface area contributed by atoms with Crippen LogP contribution in [0.5, 0.6) is 0 Å². The third-order valence-electron chi connectivity index (χ3n) is 2.68. The first-order chi connectivity index (χ1) is 9.52. The lowest BCUT2D eigenvalue weighted by Crippen LogP contribution is -2.03. The van der Waals surface area contributed by atoms with Crippen molar-refractivity contribution in [3.05, 3.63) is 62.3 Å². The normalized spacial score (nSPS) is 10.2. The summed E-state index contributed by atoms with van der Waals surface area (Å²) < 4.78 is 13.9. The summed E-state index contributed by atoms with van der Waals surface area (Å²) in [6.45, 7) is 0.180. The molecule has 2 aromatic carbocycles. The van der Waals surface area contributed by atoms with Crippen molar-refractivity contribution in [2.24, 2.45) is 0 Å². The summed E-state index contributed by atoms with van der Waals surface area (Å²) in [7, 11) is 0. The number of benzene rings is 2. The van der Waals surface area contributed by atoms with Gasteiger partial charge in [0.15, 0.2) is 0 Å². The zero-order valence-corrected chi connectivity index (χ0v) is 12.3. The molecule has 2 aromatic rings. The summed E-state index contributed by atoms with van der Waals surface area (Å²) in [5, 5.41) is 12.8. The highest BCUT2D eigenvalue weighted by atomic mass is 35.5. The SMILES string of the molecule is N#Cc1cccc(CNc2cc(Cl)c(Cl)cc2Cl)c1F. The molecule has 0 aromatic heterocycles. The Morgan fingerprint density at radius 1 is 1.10 bits per heavy atom. The van der Waals surface area contributed by atoms with Crippen LogP contribution in [0.1, 0.15) is 11.1 Å². The standard InChI is InChI=1S/C14H8Cl3FN2/c15-10-4-12(17)13(5-11(10)16)20-7-9-3-1-2-8(6-19)14(9)18/h1-5,20H,7H2. The Kier molecular flexibility index (Phi) is 4.72. The number of nitriles is 1. The van der Waals surface area contributed by atoms with Crippen molar-refractivity contribution in [2.45, 2.75) is 6.54 Å². The van der Waals surface area contributed by atoms with Crippen molar-refractivity contribution >= 4 is 40.5 Å². The van der Waals surface area contributed by atoms with Gasteiger partial charge in [-0.15, -0.1) is 0 Å². The van der Waals surface area contributed by atoms with Gasteiger partial charge in [0.25, 0.3) is 0 Å². The maximum absolute atomic E-state index is 13.9. The van der Waals surface area contributed by atoms with Crippen LogP contribution in [-0.2, 0) is 6.54 Å². The summed E-state index contributed by atoms with van der Waals surface area (Å²) in [6.07, 6.45) is 0. The Labute approximate surface area is 130 Å². The van der Waals surface area contributed by atoms with Gasteiger partial charge >= 0.3 is 0 Å². The fraction of sp³-hybridized carbons (Fsp3) is 0.0714. The van der Waals surface area contributed by atoms with Crippen molar-refractivity contribution in [1.82, 2.24) is 0 Å². The molecule has 0 unspecified atom stereocenters. The van der Waals surface area contributed by atoms with Crippen molar-refractivity contribution in [1.29, 1.82) is 5.26 Å². The van der Waals surface area contributed by atoms with Crippen molar-refractivity contribution in [3.8, 4) is 6.07 Å². The molecule has 20 heavy (non-hydrogen) atoms. The number of nitrogens with one attached hydrogen (secondary N) is 1. The fourth-order valence-electron chi connectivity index (χ4n) is 1.65. The van der Waals surface area contributed by atoms with Gasteiger partial charge in [-0.3, -0.25) is 0 Å². The fourth-order valence-corrected chi connectivity index (χ4v) is 2.26. The first kappa shape index (κ1) is 14.9. The minimum Gasteiger partial charge on any atom is -0.380 e. The molecule has 0 heterocycles. The molecule has 0 fully saturated rings. The van der Waals surface area contributed by atoms with Gasteiger partial charge in [0.05, 0.1) is 26.3 Å². The van der Waals surface area contributed by atoms with Gasteiger partial charge in [-0.05, 0) is 18.2 Å². The molecule has 2 nitrogen and oxygen atoms in total. The van der Waals surface area contributed by atoms with Gasteiger partial charge < -0.3 is 5.32 Å². The van der Waals surface area contributed by atoms with Crippen LogP contribution in [0.15, 0.2) is 30.3 Å². The lowest BCUT2D eigenvalue weighted by atomic mass is 10.1. The molecule has 2 rings (SSSR count). The van der Waals surface area contributed by atoms with E-state index in [-0.39, 0.29) is 12.1 Å². The summed E-state index contributed by atoms with van der Waals surface area (Å²) in [5.41, 5.74) is 0.915. The number of hydrogen-bond donors (Lipinski definition) is 1. The lowest BCUT2D eigenvalue weighted by Gasteiger charge is -2.11. The third kappa shape index (κ3) is 3.16. The molecule has 0 spiro atoms. The molecule has 0 aliphatic carbocycles. The molecule has 102 valence electrons. The zero-order chi connectivity index (χ0) is 14.7. The molecule has 0 saturated carbocycles. The molecular weight excluding hydrogens is 322 g/mol. The summed E-state index contributed by atoms with van der Waals surface area (Å²) in [4.78, 5) is 0. The molecular formula is C14H8Cl3FN2. The second-order valence-corrected chi connectivity index (χ2v) is 5.21. The van der Waals surface area contributed by atoms with Gasteiger partial charge in [-0.1, -0.05) is 46.9 Å². The van der Waals surface area contributed by atoms with Crippen LogP contribution in [0, 0.1) is 17.1 Å². The smallest absolute Gasteiger partial charge is 0.145 e. The molecule has 1 N–H and O–H groups in total. The molecule has 0 radical (unpaired) electrons. The maximum Gasteiger partial charge on any atom is 0.145 e. The molecule has 0 saturated heterocycles. The monoisotopic (exact) mass is 328 g/mol. The number of rotatable bonds is 3. The lowest BCUT2D eigenvalue weighted by molar-refractivity contribution is 0.609. The average Bonchev–Trinajstić information content (AvgIpc) is 2.43. The molecule has 6 heteroatoms. The van der Waals surface area contributed by atoms with Crippen molar-refractivity contribution in [3.63, 3.8) is 0 Å². The number of hydrogen-bond acceptors (Lipinski definition) is 2. The Balaban J connectivity index is 2.22. The van der Waals surface area contributed by atoms with E-state index in [9.17, 15) is 4.39 Å². The van der Waals surface area contributed by atoms with Crippen LogP contribution in [0.25, 0.3) is 0 Å². The Hall–Kier alpha value is -1.47. The average molecular weight is 330 g/mol. The summed E-state index contributed by atoms with van der Waals surface area (Å²) >= 11 is 17.7. The van der Waals surface area contributed by atoms with Gasteiger partial charge in [-0.25, -0.2) is 4.39 Å². The van der Waals surface area contributed by atoms with E-state index < -0.39 is 5.82 Å². The van der Waals surface area contributed by atoms with Gasteiger partial charge in [-0.2, -0.15) is 5.26 Å². The second kappa shape index (κ2) is 6.32. The topological polar surface area (TPSA) is 35.8 Å². The minimum absolute atomic E-state index is 0.00420. The molecule has 0 amide bonds. The molecule has 0 aliphatic rings. The largest absolute Gasteiger partial charge is 0.380 e. The van der Waals surface area contributed by atoms with E-state index in [2.05, 4.69) is 5.32 Å². The highest BCUT2D eigenvalue weighted by Crippen LogP contribution is 2.32. The van der Waals surface area contributed by atoms with E-state index in [1.807, 2.05) is 0 Å². The van der Waals surface area contributed by atoms with Crippen LogP contribution in [0.3, 0.4) is 0 Å². The van der Waals surface area contributed by atoms with E-state index >= 15 is 0 Å². The van der Waals surface area contributed by atoms with E-state index in [0.29, 0.717) is 26.3 Å². The van der Waals surface area contributed by atoms with Crippen molar-refractivity contribution in [2.75, 3.05) is 5.32 Å². The van der Waals surface area contributed by atoms with E-state index in [4.69, 9.17) is 40.1 Å². The van der Waals surface area contributed by atoms with E-state index in [1.54, 1.807) is 24.3 Å². The van der Waals surface area contributed by atoms with Crippen LogP contribution in [0.4, 0.5) is 10.1 Å². The number of anilines is 1. The number of nitrogens with zero attached hydrogens (tertiary/aromatic N) is 1. The van der Waals surface area contributed by atoms with Crippen molar-refractivity contribution < 1.29 is 4.39 Å². The Morgan fingerprint density at radius 2 is 1.80 bits per heavy atom. The summed E-state index contributed by atoms with van der Waals surface area (Å²) in [5.74, 6) is -0.543. The molecule has 0 atom stereocenters. The van der Waals surface area contributed by atoms with E-state index in [0.717, 1.165) is 0 Å². The molecule has 0 aliphatic heterocycles. The highest BCUT2D eigenvalue weighted by Gasteiger charge is 2.09. The predicted molar refractivity (Wildman–Crippen MR) is 79.9 cm³/mol. The quantitative estimate of drug-likeness (QED) is 0.779. The predicted octanol–water partition coefficient (Wildman–Crippen LogP) is 5.27. The molecule has 0 bridgehead atoms. The third-order valence-corrected chi connectivity index (χ3v) is 3.71. The first-order valence-corrected chi connectivity index (χ1v) is 6.72. The van der Waals surface area contributed by atoms with Crippen LogP contribution >= 0.6 is 34.8 Å². The maximum atomic E-state index is 13.9. The van der Waals surface area contributed by atoms with Crippen LogP contribution in [-0.4, -0.2) is 0 Å². The van der Waals surface area contributed by atoms with E-state index in [1.165, 1.54) is 12.1 Å². The van der Waals surface area contributed by atoms with Gasteiger partial charge in [0.1, 0.15) is 11.9 Å². The van der Waals surface area contributed by atoms with Crippen LogP contribution in [0.2, 0.25) is 15.1 Å². The minimum atomic E-state index is -0.543.